The number of hydrogen-bond donors (Lipinski definition) is 2. The SMILES string of the molecule is CCOC(=O)C1=C(CN2CCN(C)CC2)NC(=O)N[C@H]1c1ccc(OCC)cc1. The second-order valence-electron chi connectivity index (χ2n) is 7.23. The first-order valence-electron chi connectivity index (χ1n) is 10.1. The number of esters is 1. The second-order valence-corrected chi connectivity index (χ2v) is 7.23. The lowest BCUT2D eigenvalue weighted by Crippen LogP contribution is -2.51. The third-order valence-electron chi connectivity index (χ3n) is 5.15. The molecule has 1 saturated heterocycles. The minimum Gasteiger partial charge on any atom is -0.494 e. The first kappa shape index (κ1) is 21.1. The van der Waals surface area contributed by atoms with Gasteiger partial charge in [-0.15, -0.1) is 0 Å². The van der Waals surface area contributed by atoms with Crippen LogP contribution in [0.15, 0.2) is 35.5 Å². The molecule has 2 aliphatic heterocycles. The Morgan fingerprint density at radius 3 is 2.41 bits per heavy atom. The quantitative estimate of drug-likeness (QED) is 0.673. The Morgan fingerprint density at radius 2 is 1.79 bits per heavy atom. The van der Waals surface area contributed by atoms with Crippen molar-refractivity contribution in [1.29, 1.82) is 0 Å². The van der Waals surface area contributed by atoms with E-state index in [9.17, 15) is 9.59 Å². The highest BCUT2D eigenvalue weighted by Gasteiger charge is 2.34. The van der Waals surface area contributed by atoms with E-state index in [-0.39, 0.29) is 12.6 Å². The van der Waals surface area contributed by atoms with E-state index in [2.05, 4.69) is 27.5 Å². The monoisotopic (exact) mass is 402 g/mol. The fourth-order valence-electron chi connectivity index (χ4n) is 3.60. The molecule has 0 unspecified atom stereocenters. The number of rotatable bonds is 7. The fraction of sp³-hybridized carbons (Fsp3) is 0.524. The molecule has 1 atom stereocenters. The van der Waals surface area contributed by atoms with Crippen LogP contribution in [0.3, 0.4) is 0 Å². The smallest absolute Gasteiger partial charge is 0.338 e. The van der Waals surface area contributed by atoms with Crippen LogP contribution in [0.1, 0.15) is 25.5 Å². The van der Waals surface area contributed by atoms with E-state index < -0.39 is 12.0 Å². The Morgan fingerprint density at radius 1 is 1.10 bits per heavy atom. The van der Waals surface area contributed by atoms with Gasteiger partial charge in [0, 0.05) is 38.4 Å². The molecule has 0 aliphatic carbocycles. The van der Waals surface area contributed by atoms with Crippen molar-refractivity contribution in [2.45, 2.75) is 19.9 Å². The summed E-state index contributed by atoms with van der Waals surface area (Å²) in [5.74, 6) is 0.332. The second kappa shape index (κ2) is 9.76. The van der Waals surface area contributed by atoms with Crippen LogP contribution in [0, 0.1) is 0 Å². The molecule has 1 aromatic carbocycles. The van der Waals surface area contributed by atoms with Gasteiger partial charge in [0.05, 0.1) is 24.8 Å². The van der Waals surface area contributed by atoms with Gasteiger partial charge in [0.1, 0.15) is 5.75 Å². The normalized spacial score (nSPS) is 20.8. The lowest BCUT2D eigenvalue weighted by atomic mass is 9.94. The average Bonchev–Trinajstić information content (AvgIpc) is 2.70. The number of carbonyl (C=O) groups is 2. The van der Waals surface area contributed by atoms with E-state index in [1.165, 1.54) is 0 Å². The highest BCUT2D eigenvalue weighted by molar-refractivity contribution is 5.95. The Bertz CT molecular complexity index is 754. The number of urea groups is 1. The van der Waals surface area contributed by atoms with Crippen LogP contribution < -0.4 is 15.4 Å². The highest BCUT2D eigenvalue weighted by Crippen LogP contribution is 2.29. The summed E-state index contributed by atoms with van der Waals surface area (Å²) in [5.41, 5.74) is 1.87. The summed E-state index contributed by atoms with van der Waals surface area (Å²) in [5, 5.41) is 5.72. The van der Waals surface area contributed by atoms with Crippen molar-refractivity contribution in [3.8, 4) is 5.75 Å². The number of amides is 2. The van der Waals surface area contributed by atoms with Gasteiger partial charge in [0.25, 0.3) is 0 Å². The van der Waals surface area contributed by atoms with Crippen molar-refractivity contribution in [3.05, 3.63) is 41.1 Å². The molecule has 0 spiro atoms. The van der Waals surface area contributed by atoms with Gasteiger partial charge < -0.3 is 25.0 Å². The number of ether oxygens (including phenoxy) is 2. The van der Waals surface area contributed by atoms with Crippen LogP contribution in [0.4, 0.5) is 4.79 Å². The van der Waals surface area contributed by atoms with Crippen molar-refractivity contribution in [2.24, 2.45) is 0 Å². The van der Waals surface area contributed by atoms with Gasteiger partial charge in [-0.1, -0.05) is 12.1 Å². The summed E-state index contributed by atoms with van der Waals surface area (Å²) in [4.78, 5) is 29.7. The summed E-state index contributed by atoms with van der Waals surface area (Å²) in [6.45, 7) is 8.73. The molecule has 0 radical (unpaired) electrons. The zero-order valence-corrected chi connectivity index (χ0v) is 17.4. The standard InChI is InChI=1S/C21H30N4O4/c1-4-28-16-8-6-15(7-9-16)19-18(20(26)29-5-2)17(22-21(27)23-19)14-25-12-10-24(3)11-13-25/h6-9,19H,4-5,10-14H2,1-3H3,(H2,22,23,27)/t19-/m0/s1. The maximum absolute atomic E-state index is 12.8. The summed E-state index contributed by atoms with van der Waals surface area (Å²) >= 11 is 0. The average molecular weight is 402 g/mol. The molecule has 158 valence electrons. The van der Waals surface area contributed by atoms with Gasteiger partial charge in [-0.3, -0.25) is 4.90 Å². The Hall–Kier alpha value is -2.58. The minimum atomic E-state index is -0.569. The number of nitrogens with one attached hydrogen (secondary N) is 2. The van der Waals surface area contributed by atoms with Gasteiger partial charge in [-0.25, -0.2) is 9.59 Å². The molecule has 2 N–H and O–H groups in total. The largest absolute Gasteiger partial charge is 0.494 e. The van der Waals surface area contributed by atoms with Crippen LogP contribution in [0.25, 0.3) is 0 Å². The zero-order chi connectivity index (χ0) is 20.8. The number of benzene rings is 1. The van der Waals surface area contributed by atoms with Crippen LogP contribution >= 0.6 is 0 Å². The van der Waals surface area contributed by atoms with Crippen molar-refractivity contribution in [2.75, 3.05) is 53.0 Å². The van der Waals surface area contributed by atoms with Crippen LogP contribution in [-0.2, 0) is 9.53 Å². The van der Waals surface area contributed by atoms with Gasteiger partial charge in [0.2, 0.25) is 0 Å². The third kappa shape index (κ3) is 5.27. The molecule has 0 aromatic heterocycles. The molecular formula is C21H30N4O4. The molecule has 29 heavy (non-hydrogen) atoms. The van der Waals surface area contributed by atoms with Crippen molar-refractivity contribution in [3.63, 3.8) is 0 Å². The molecule has 1 fully saturated rings. The first-order valence-corrected chi connectivity index (χ1v) is 10.1. The maximum atomic E-state index is 12.8. The van der Waals surface area contributed by atoms with Gasteiger partial charge in [-0.05, 0) is 38.6 Å². The molecule has 8 heteroatoms. The lowest BCUT2D eigenvalue weighted by molar-refractivity contribution is -0.139. The summed E-state index contributed by atoms with van der Waals surface area (Å²) in [6.07, 6.45) is 0. The Kier molecular flexibility index (Phi) is 7.11. The number of likely N-dealkylation sites (N-methyl/N-ethyl adjacent to an activating group) is 1. The number of carbonyl (C=O) groups excluding carboxylic acids is 2. The number of hydrogen-bond acceptors (Lipinski definition) is 6. The van der Waals surface area contributed by atoms with E-state index in [4.69, 9.17) is 9.47 Å². The molecule has 0 saturated carbocycles. The van der Waals surface area contributed by atoms with E-state index >= 15 is 0 Å². The van der Waals surface area contributed by atoms with Gasteiger partial charge >= 0.3 is 12.0 Å². The lowest BCUT2D eigenvalue weighted by Gasteiger charge is -2.35. The molecule has 2 amide bonds. The Balaban J connectivity index is 1.91. The molecule has 2 heterocycles. The van der Waals surface area contributed by atoms with Crippen molar-refractivity contribution in [1.82, 2.24) is 20.4 Å². The maximum Gasteiger partial charge on any atom is 0.338 e. The van der Waals surface area contributed by atoms with E-state index in [0.29, 0.717) is 24.4 Å². The molecule has 2 aliphatic rings. The van der Waals surface area contributed by atoms with Gasteiger partial charge in [-0.2, -0.15) is 0 Å². The summed E-state index contributed by atoms with van der Waals surface area (Å²) in [6, 6.07) is 6.54. The van der Waals surface area contributed by atoms with E-state index in [0.717, 1.165) is 37.5 Å². The van der Waals surface area contributed by atoms with Crippen molar-refractivity contribution < 1.29 is 19.1 Å². The molecule has 3 rings (SSSR count). The van der Waals surface area contributed by atoms with Crippen LogP contribution in [-0.4, -0.2) is 74.8 Å². The zero-order valence-electron chi connectivity index (χ0n) is 17.4. The molecule has 8 nitrogen and oxygen atoms in total. The van der Waals surface area contributed by atoms with Gasteiger partial charge in [0.15, 0.2) is 0 Å². The minimum absolute atomic E-state index is 0.272. The fourth-order valence-corrected chi connectivity index (χ4v) is 3.60. The number of nitrogens with zero attached hydrogens (tertiary/aromatic N) is 2. The van der Waals surface area contributed by atoms with E-state index in [1.54, 1.807) is 6.92 Å². The predicted octanol–water partition coefficient (Wildman–Crippen LogP) is 1.50. The molecular weight excluding hydrogens is 372 g/mol. The van der Waals surface area contributed by atoms with E-state index in [1.807, 2.05) is 31.2 Å². The van der Waals surface area contributed by atoms with Crippen LogP contribution in [0.2, 0.25) is 0 Å². The molecule has 0 bridgehead atoms. The first-order chi connectivity index (χ1) is 14.0. The van der Waals surface area contributed by atoms with Crippen molar-refractivity contribution >= 4 is 12.0 Å². The van der Waals surface area contributed by atoms with Crippen LogP contribution in [0.5, 0.6) is 5.75 Å². The summed E-state index contributed by atoms with van der Waals surface area (Å²) < 4.78 is 10.8. The molecule has 1 aromatic rings. The predicted molar refractivity (Wildman–Crippen MR) is 110 cm³/mol. The summed E-state index contributed by atoms with van der Waals surface area (Å²) in [7, 11) is 2.09. The Labute approximate surface area is 171 Å². The third-order valence-corrected chi connectivity index (χ3v) is 5.15. The highest BCUT2D eigenvalue weighted by atomic mass is 16.5. The topological polar surface area (TPSA) is 83.1 Å². The number of piperazine rings is 1.